The van der Waals surface area contributed by atoms with Gasteiger partial charge in [-0.2, -0.15) is 13.2 Å². The van der Waals surface area contributed by atoms with Crippen molar-refractivity contribution in [1.29, 1.82) is 0 Å². The average Bonchev–Trinajstić information content (AvgIpc) is 3.12. The van der Waals surface area contributed by atoms with Crippen molar-refractivity contribution in [3.8, 4) is 0 Å². The fraction of sp³-hybridized carbons (Fsp3) is 0.353. The van der Waals surface area contributed by atoms with Crippen LogP contribution in [0, 0.1) is 5.92 Å². The van der Waals surface area contributed by atoms with Gasteiger partial charge in [-0.1, -0.05) is 0 Å². The SMILES string of the molecule is CN(C)c1ccc(C(F)(F)F)cc1NC(=O)[C@@H]1C[C@H]1c1ccco1. The number of hydrogen-bond acceptors (Lipinski definition) is 3. The highest BCUT2D eigenvalue weighted by molar-refractivity contribution is 5.98. The first kappa shape index (κ1) is 16.4. The van der Waals surface area contributed by atoms with Gasteiger partial charge in [0, 0.05) is 25.9 Å². The summed E-state index contributed by atoms with van der Waals surface area (Å²) in [5.74, 6) is 0.153. The van der Waals surface area contributed by atoms with Crippen molar-refractivity contribution < 1.29 is 22.4 Å². The predicted molar refractivity (Wildman–Crippen MR) is 84.0 cm³/mol. The van der Waals surface area contributed by atoms with E-state index in [9.17, 15) is 18.0 Å². The molecule has 1 aliphatic carbocycles. The van der Waals surface area contributed by atoms with Gasteiger partial charge in [0.15, 0.2) is 0 Å². The van der Waals surface area contributed by atoms with Gasteiger partial charge in [0.05, 0.1) is 23.2 Å². The van der Waals surface area contributed by atoms with Crippen LogP contribution in [0.4, 0.5) is 24.5 Å². The first-order chi connectivity index (χ1) is 11.3. The molecule has 1 aromatic heterocycles. The quantitative estimate of drug-likeness (QED) is 0.913. The normalized spacial score (nSPS) is 19.9. The van der Waals surface area contributed by atoms with E-state index in [0.717, 1.165) is 17.9 Å². The Balaban J connectivity index is 1.79. The highest BCUT2D eigenvalue weighted by atomic mass is 19.4. The fourth-order valence-corrected chi connectivity index (χ4v) is 2.73. The number of alkyl halides is 3. The van der Waals surface area contributed by atoms with Crippen LogP contribution < -0.4 is 10.2 Å². The minimum absolute atomic E-state index is 0.00592. The van der Waals surface area contributed by atoms with Crippen LogP contribution in [0.1, 0.15) is 23.7 Å². The van der Waals surface area contributed by atoms with Crippen LogP contribution in [0.3, 0.4) is 0 Å². The smallest absolute Gasteiger partial charge is 0.416 e. The number of halogens is 3. The van der Waals surface area contributed by atoms with Gasteiger partial charge in [-0.3, -0.25) is 4.79 Å². The number of carbonyl (C=O) groups is 1. The number of anilines is 2. The summed E-state index contributed by atoms with van der Waals surface area (Å²) in [5, 5.41) is 2.64. The van der Waals surface area contributed by atoms with Gasteiger partial charge in [-0.15, -0.1) is 0 Å². The molecule has 0 saturated heterocycles. The maximum absolute atomic E-state index is 12.9. The Hall–Kier alpha value is -2.44. The first-order valence-electron chi connectivity index (χ1n) is 7.50. The molecule has 1 amide bonds. The van der Waals surface area contributed by atoms with Crippen LogP contribution >= 0.6 is 0 Å². The molecule has 2 aromatic rings. The lowest BCUT2D eigenvalue weighted by atomic mass is 10.1. The van der Waals surface area contributed by atoms with Gasteiger partial charge in [0.25, 0.3) is 0 Å². The minimum Gasteiger partial charge on any atom is -0.469 e. The van der Waals surface area contributed by atoms with Gasteiger partial charge < -0.3 is 14.6 Å². The third-order valence-corrected chi connectivity index (χ3v) is 4.10. The van der Waals surface area contributed by atoms with Crippen LogP contribution in [0.5, 0.6) is 0 Å². The maximum atomic E-state index is 12.9. The van der Waals surface area contributed by atoms with E-state index >= 15 is 0 Å². The number of amides is 1. The first-order valence-corrected chi connectivity index (χ1v) is 7.50. The van der Waals surface area contributed by atoms with E-state index in [1.165, 1.54) is 6.07 Å². The molecule has 1 heterocycles. The number of hydrogen-bond donors (Lipinski definition) is 1. The standard InChI is InChI=1S/C17H17F3N2O2/c1-22(2)14-6-5-10(17(18,19)20)8-13(14)21-16(23)12-9-11(12)15-4-3-7-24-15/h3-8,11-12H,9H2,1-2H3,(H,21,23)/t11-,12-/m1/s1. The number of nitrogens with zero attached hydrogens (tertiary/aromatic N) is 1. The molecule has 1 saturated carbocycles. The highest BCUT2D eigenvalue weighted by Gasteiger charge is 2.46. The highest BCUT2D eigenvalue weighted by Crippen LogP contribution is 2.48. The zero-order valence-electron chi connectivity index (χ0n) is 13.2. The van der Waals surface area contributed by atoms with E-state index in [0.29, 0.717) is 12.1 Å². The lowest BCUT2D eigenvalue weighted by Gasteiger charge is -2.20. The van der Waals surface area contributed by atoms with E-state index in [1.807, 2.05) is 0 Å². The molecule has 4 nitrogen and oxygen atoms in total. The van der Waals surface area contributed by atoms with Crippen molar-refractivity contribution >= 4 is 17.3 Å². The van der Waals surface area contributed by atoms with Crippen LogP contribution in [-0.4, -0.2) is 20.0 Å². The maximum Gasteiger partial charge on any atom is 0.416 e. The third-order valence-electron chi connectivity index (χ3n) is 4.10. The Morgan fingerprint density at radius 2 is 2.04 bits per heavy atom. The number of benzene rings is 1. The second kappa shape index (κ2) is 5.89. The summed E-state index contributed by atoms with van der Waals surface area (Å²) in [4.78, 5) is 14.0. The largest absolute Gasteiger partial charge is 0.469 e. The molecule has 1 fully saturated rings. The Morgan fingerprint density at radius 1 is 1.29 bits per heavy atom. The summed E-state index contributed by atoms with van der Waals surface area (Å²) in [6.07, 6.45) is -2.28. The Morgan fingerprint density at radius 3 is 2.62 bits per heavy atom. The third kappa shape index (κ3) is 3.25. The molecule has 1 aromatic carbocycles. The average molecular weight is 338 g/mol. The summed E-state index contributed by atoms with van der Waals surface area (Å²) in [6, 6.07) is 6.88. The number of furan rings is 1. The molecule has 1 N–H and O–H groups in total. The fourth-order valence-electron chi connectivity index (χ4n) is 2.73. The Bertz CT molecular complexity index is 739. The zero-order valence-corrected chi connectivity index (χ0v) is 13.2. The molecular formula is C17H17F3N2O2. The van der Waals surface area contributed by atoms with Gasteiger partial charge in [-0.05, 0) is 36.8 Å². The summed E-state index contributed by atoms with van der Waals surface area (Å²) >= 11 is 0. The van der Waals surface area contributed by atoms with Gasteiger partial charge in [-0.25, -0.2) is 0 Å². The number of nitrogens with one attached hydrogen (secondary N) is 1. The van der Waals surface area contributed by atoms with Crippen LogP contribution in [-0.2, 0) is 11.0 Å². The molecule has 7 heteroatoms. The lowest BCUT2D eigenvalue weighted by Crippen LogP contribution is -2.19. The van der Waals surface area contributed by atoms with E-state index in [4.69, 9.17) is 4.42 Å². The number of rotatable bonds is 4. The monoisotopic (exact) mass is 338 g/mol. The second-order valence-corrected chi connectivity index (χ2v) is 6.08. The summed E-state index contributed by atoms with van der Waals surface area (Å²) in [7, 11) is 3.42. The summed E-state index contributed by atoms with van der Waals surface area (Å²) < 4.78 is 44.0. The molecule has 1 aliphatic rings. The molecular weight excluding hydrogens is 321 g/mol. The molecule has 0 bridgehead atoms. The summed E-state index contributed by atoms with van der Waals surface area (Å²) in [5.41, 5.74) is -0.113. The van der Waals surface area contributed by atoms with E-state index in [-0.39, 0.29) is 23.4 Å². The van der Waals surface area contributed by atoms with Gasteiger partial charge in [0.1, 0.15) is 5.76 Å². The van der Waals surface area contributed by atoms with Crippen molar-refractivity contribution in [3.63, 3.8) is 0 Å². The molecule has 0 spiro atoms. The molecule has 3 rings (SSSR count). The number of carbonyl (C=O) groups excluding carboxylic acids is 1. The van der Waals surface area contributed by atoms with Crippen molar-refractivity contribution in [3.05, 3.63) is 47.9 Å². The van der Waals surface area contributed by atoms with Crippen LogP contribution in [0.2, 0.25) is 0 Å². The minimum atomic E-state index is -4.46. The molecule has 0 aliphatic heterocycles. The van der Waals surface area contributed by atoms with Crippen molar-refractivity contribution in [2.75, 3.05) is 24.3 Å². The van der Waals surface area contributed by atoms with E-state index in [1.54, 1.807) is 37.4 Å². The van der Waals surface area contributed by atoms with Crippen LogP contribution in [0.15, 0.2) is 41.0 Å². The molecule has 24 heavy (non-hydrogen) atoms. The molecule has 0 radical (unpaired) electrons. The van der Waals surface area contributed by atoms with Crippen LogP contribution in [0.25, 0.3) is 0 Å². The van der Waals surface area contributed by atoms with Crippen molar-refractivity contribution in [1.82, 2.24) is 0 Å². The molecule has 0 unspecified atom stereocenters. The lowest BCUT2D eigenvalue weighted by molar-refractivity contribution is -0.137. The van der Waals surface area contributed by atoms with Gasteiger partial charge in [0.2, 0.25) is 5.91 Å². The molecule has 2 atom stereocenters. The van der Waals surface area contributed by atoms with Crippen molar-refractivity contribution in [2.45, 2.75) is 18.5 Å². The van der Waals surface area contributed by atoms with E-state index < -0.39 is 11.7 Å². The second-order valence-electron chi connectivity index (χ2n) is 6.08. The Labute approximate surface area is 137 Å². The van der Waals surface area contributed by atoms with Crippen molar-refractivity contribution in [2.24, 2.45) is 5.92 Å². The summed E-state index contributed by atoms with van der Waals surface area (Å²) in [6.45, 7) is 0. The zero-order chi connectivity index (χ0) is 17.5. The molecule has 128 valence electrons. The van der Waals surface area contributed by atoms with E-state index in [2.05, 4.69) is 5.32 Å². The van der Waals surface area contributed by atoms with Gasteiger partial charge >= 0.3 is 6.18 Å². The Kier molecular flexibility index (Phi) is 4.03. The predicted octanol–water partition coefficient (Wildman–Crippen LogP) is 4.11. The topological polar surface area (TPSA) is 45.5 Å².